The first-order valence-corrected chi connectivity index (χ1v) is 4.59. The fraction of sp³-hybridized carbons (Fsp3) is 0.455. The molecular weight excluding hydrogens is 198 g/mol. The van der Waals surface area contributed by atoms with Crippen LogP contribution in [0.4, 0.5) is 0 Å². The van der Waals surface area contributed by atoms with Gasteiger partial charge in [-0.2, -0.15) is 0 Å². The minimum Gasteiger partial charge on any atom is -0.396 e. The molecule has 80 valence electrons. The Labute approximate surface area is 91.5 Å². The largest absolute Gasteiger partial charge is 0.396 e. The van der Waals surface area contributed by atoms with Crippen molar-refractivity contribution in [1.29, 1.82) is 0 Å². The molecule has 2 nitrogen and oxygen atoms in total. The number of benzene rings is 1. The van der Waals surface area contributed by atoms with Crippen LogP contribution < -0.4 is 5.73 Å². The van der Waals surface area contributed by atoms with Crippen LogP contribution in [0.3, 0.4) is 0 Å². The van der Waals surface area contributed by atoms with Gasteiger partial charge in [0.15, 0.2) is 0 Å². The molecule has 0 radical (unpaired) electrons. The first-order valence-electron chi connectivity index (χ1n) is 4.59. The molecule has 0 spiro atoms. The Hall–Kier alpha value is -0.570. The quantitative estimate of drug-likeness (QED) is 0.812. The van der Waals surface area contributed by atoms with Gasteiger partial charge in [-0.15, -0.1) is 12.4 Å². The van der Waals surface area contributed by atoms with E-state index in [9.17, 15) is 0 Å². The zero-order valence-corrected chi connectivity index (χ0v) is 9.47. The summed E-state index contributed by atoms with van der Waals surface area (Å²) in [5.74, 6) is 0. The average Bonchev–Trinajstić information content (AvgIpc) is 2.10. The van der Waals surface area contributed by atoms with Crippen LogP contribution in [0.25, 0.3) is 0 Å². The molecule has 0 aliphatic carbocycles. The van der Waals surface area contributed by atoms with Crippen LogP contribution in [-0.4, -0.2) is 11.7 Å². The van der Waals surface area contributed by atoms with E-state index in [0.29, 0.717) is 6.42 Å². The number of rotatable bonds is 3. The fourth-order valence-corrected chi connectivity index (χ4v) is 1.47. The van der Waals surface area contributed by atoms with Gasteiger partial charge in [-0.3, -0.25) is 0 Å². The molecule has 1 rings (SSSR count). The lowest BCUT2D eigenvalue weighted by atomic mass is 9.96. The van der Waals surface area contributed by atoms with Crippen LogP contribution >= 0.6 is 12.4 Å². The molecule has 1 aromatic rings. The van der Waals surface area contributed by atoms with Gasteiger partial charge in [0.05, 0.1) is 0 Å². The summed E-state index contributed by atoms with van der Waals surface area (Å²) in [4.78, 5) is 0. The number of aliphatic hydroxyl groups excluding tert-OH is 1. The second-order valence-corrected chi connectivity index (χ2v) is 3.41. The maximum absolute atomic E-state index is 8.78. The monoisotopic (exact) mass is 215 g/mol. The topological polar surface area (TPSA) is 46.2 Å². The van der Waals surface area contributed by atoms with Gasteiger partial charge in [0.1, 0.15) is 0 Å². The van der Waals surface area contributed by atoms with Crippen molar-refractivity contribution in [3.8, 4) is 0 Å². The third-order valence-corrected chi connectivity index (χ3v) is 2.49. The number of aryl methyl sites for hydroxylation is 1. The van der Waals surface area contributed by atoms with Gasteiger partial charge in [-0.25, -0.2) is 0 Å². The summed E-state index contributed by atoms with van der Waals surface area (Å²) >= 11 is 0. The average molecular weight is 216 g/mol. The summed E-state index contributed by atoms with van der Waals surface area (Å²) in [5.41, 5.74) is 9.56. The van der Waals surface area contributed by atoms with Crippen molar-refractivity contribution in [2.24, 2.45) is 5.73 Å². The summed E-state index contributed by atoms with van der Waals surface area (Å²) < 4.78 is 0. The van der Waals surface area contributed by atoms with Crippen LogP contribution in [0.2, 0.25) is 0 Å². The molecule has 0 saturated carbocycles. The van der Waals surface area contributed by atoms with Crippen LogP contribution in [0, 0.1) is 13.8 Å². The highest BCUT2D eigenvalue weighted by Crippen LogP contribution is 2.20. The van der Waals surface area contributed by atoms with Crippen LogP contribution in [0.15, 0.2) is 18.2 Å². The molecule has 14 heavy (non-hydrogen) atoms. The standard InChI is InChI=1S/C11H17NO.ClH/c1-8-4-3-5-10(9(8)2)11(12)6-7-13;/h3-5,11,13H,6-7,12H2,1-2H3;1H/t11-;/m1./s1. The molecule has 0 saturated heterocycles. The Morgan fingerprint density at radius 2 is 2.00 bits per heavy atom. The molecule has 1 aromatic carbocycles. The first kappa shape index (κ1) is 13.4. The number of hydrogen-bond acceptors (Lipinski definition) is 2. The van der Waals surface area contributed by atoms with Gasteiger partial charge in [-0.05, 0) is 37.0 Å². The molecule has 0 bridgehead atoms. The van der Waals surface area contributed by atoms with Gasteiger partial charge in [0.2, 0.25) is 0 Å². The van der Waals surface area contributed by atoms with Gasteiger partial charge in [0.25, 0.3) is 0 Å². The number of hydrogen-bond donors (Lipinski definition) is 2. The number of nitrogens with two attached hydrogens (primary N) is 1. The van der Waals surface area contributed by atoms with Crippen molar-refractivity contribution in [1.82, 2.24) is 0 Å². The third-order valence-electron chi connectivity index (χ3n) is 2.49. The van der Waals surface area contributed by atoms with E-state index in [-0.39, 0.29) is 25.1 Å². The van der Waals surface area contributed by atoms with Crippen molar-refractivity contribution in [2.75, 3.05) is 6.61 Å². The minimum absolute atomic E-state index is 0. The Bertz CT molecular complexity index is 289. The lowest BCUT2D eigenvalue weighted by molar-refractivity contribution is 0.276. The van der Waals surface area contributed by atoms with Crippen LogP contribution in [-0.2, 0) is 0 Å². The Kier molecular flexibility index (Phi) is 5.77. The van der Waals surface area contributed by atoms with E-state index >= 15 is 0 Å². The zero-order valence-electron chi connectivity index (χ0n) is 8.66. The Morgan fingerprint density at radius 3 is 2.57 bits per heavy atom. The van der Waals surface area contributed by atoms with Crippen molar-refractivity contribution in [2.45, 2.75) is 26.3 Å². The number of halogens is 1. The fourth-order valence-electron chi connectivity index (χ4n) is 1.47. The highest BCUT2D eigenvalue weighted by Gasteiger charge is 2.08. The van der Waals surface area contributed by atoms with Crippen molar-refractivity contribution < 1.29 is 5.11 Å². The van der Waals surface area contributed by atoms with E-state index in [1.807, 2.05) is 12.1 Å². The van der Waals surface area contributed by atoms with E-state index in [0.717, 1.165) is 5.56 Å². The molecule has 0 amide bonds. The van der Waals surface area contributed by atoms with E-state index in [1.54, 1.807) is 0 Å². The van der Waals surface area contributed by atoms with Crippen molar-refractivity contribution in [3.63, 3.8) is 0 Å². The molecule has 0 aromatic heterocycles. The summed E-state index contributed by atoms with van der Waals surface area (Å²) in [5, 5.41) is 8.78. The minimum atomic E-state index is -0.0371. The van der Waals surface area contributed by atoms with Gasteiger partial charge in [-0.1, -0.05) is 18.2 Å². The highest BCUT2D eigenvalue weighted by molar-refractivity contribution is 5.85. The van der Waals surface area contributed by atoms with Gasteiger partial charge in [0, 0.05) is 12.6 Å². The molecule has 0 aliphatic heterocycles. The molecule has 0 aliphatic rings. The lowest BCUT2D eigenvalue weighted by Gasteiger charge is -2.14. The molecule has 0 heterocycles. The predicted molar refractivity (Wildman–Crippen MR) is 61.8 cm³/mol. The SMILES string of the molecule is Cc1cccc([C@H](N)CCO)c1C.Cl. The molecule has 3 N–H and O–H groups in total. The smallest absolute Gasteiger partial charge is 0.0449 e. The molecule has 0 unspecified atom stereocenters. The summed E-state index contributed by atoms with van der Waals surface area (Å²) in [6, 6.07) is 6.08. The zero-order chi connectivity index (χ0) is 9.84. The third kappa shape index (κ3) is 2.98. The van der Waals surface area contributed by atoms with Crippen molar-refractivity contribution >= 4 is 12.4 Å². The Balaban J connectivity index is 0.00000169. The molecule has 1 atom stereocenters. The van der Waals surface area contributed by atoms with Gasteiger partial charge >= 0.3 is 0 Å². The predicted octanol–water partition coefficient (Wildman–Crippen LogP) is 2.11. The molecule has 0 fully saturated rings. The second kappa shape index (κ2) is 6.02. The maximum atomic E-state index is 8.78. The Morgan fingerprint density at radius 1 is 1.36 bits per heavy atom. The van der Waals surface area contributed by atoms with E-state index in [1.165, 1.54) is 11.1 Å². The van der Waals surface area contributed by atoms with E-state index in [4.69, 9.17) is 10.8 Å². The van der Waals surface area contributed by atoms with Gasteiger partial charge < -0.3 is 10.8 Å². The first-order chi connectivity index (χ1) is 6.16. The molecular formula is C11H18ClNO. The highest BCUT2D eigenvalue weighted by atomic mass is 35.5. The summed E-state index contributed by atoms with van der Waals surface area (Å²) in [6.07, 6.45) is 0.629. The van der Waals surface area contributed by atoms with Crippen LogP contribution in [0.5, 0.6) is 0 Å². The van der Waals surface area contributed by atoms with E-state index < -0.39 is 0 Å². The normalized spacial score (nSPS) is 12.0. The summed E-state index contributed by atoms with van der Waals surface area (Å²) in [7, 11) is 0. The van der Waals surface area contributed by atoms with Crippen molar-refractivity contribution in [3.05, 3.63) is 34.9 Å². The van der Waals surface area contributed by atoms with E-state index in [2.05, 4.69) is 19.9 Å². The lowest BCUT2D eigenvalue weighted by Crippen LogP contribution is -2.13. The summed E-state index contributed by atoms with van der Waals surface area (Å²) in [6.45, 7) is 4.29. The second-order valence-electron chi connectivity index (χ2n) is 3.41. The molecule has 3 heteroatoms. The number of aliphatic hydroxyl groups is 1. The maximum Gasteiger partial charge on any atom is 0.0449 e. The van der Waals surface area contributed by atoms with Crippen LogP contribution in [0.1, 0.15) is 29.2 Å².